The molecule has 1 saturated heterocycles. The van der Waals surface area contributed by atoms with Crippen molar-refractivity contribution in [2.75, 3.05) is 13.2 Å². The Hall–Kier alpha value is -3.47. The monoisotopic (exact) mass is 615 g/mol. The smallest absolute Gasteiger partial charge is 0.410 e. The van der Waals surface area contributed by atoms with E-state index in [2.05, 4.69) is 17.6 Å². The van der Waals surface area contributed by atoms with Gasteiger partial charge < -0.3 is 14.4 Å². The fraction of sp³-hybridized carbons (Fsp3) is 0.636. The normalized spacial score (nSPS) is 22.7. The van der Waals surface area contributed by atoms with Gasteiger partial charge in [-0.3, -0.25) is 24.1 Å². The van der Waals surface area contributed by atoms with Crippen LogP contribution >= 0.6 is 0 Å². The second-order valence-electron chi connectivity index (χ2n) is 12.9. The molecule has 44 heavy (non-hydrogen) atoms. The van der Waals surface area contributed by atoms with E-state index in [1.54, 1.807) is 32.9 Å². The van der Waals surface area contributed by atoms with E-state index in [1.807, 2.05) is 6.92 Å². The van der Waals surface area contributed by atoms with E-state index in [-0.39, 0.29) is 56.1 Å². The quantitative estimate of drug-likeness (QED) is 0.141. The van der Waals surface area contributed by atoms with E-state index in [9.17, 15) is 23.6 Å². The Morgan fingerprint density at radius 3 is 2.57 bits per heavy atom. The molecule has 3 amide bonds. The number of hydrogen-bond acceptors (Lipinski definition) is 7. The first kappa shape index (κ1) is 33.4. The summed E-state index contributed by atoms with van der Waals surface area (Å²) in [5, 5.41) is 0. The van der Waals surface area contributed by atoms with Crippen LogP contribution in [-0.4, -0.2) is 64.6 Å². The van der Waals surface area contributed by atoms with Crippen LogP contribution in [0.2, 0.25) is 0 Å². The zero-order valence-electron chi connectivity index (χ0n) is 26.3. The van der Waals surface area contributed by atoms with E-state index in [1.165, 1.54) is 15.9 Å². The van der Waals surface area contributed by atoms with Crippen molar-refractivity contribution < 1.29 is 37.9 Å². The third-order valence-corrected chi connectivity index (χ3v) is 8.12. The molecular weight excluding hydrogens is 569 g/mol. The summed E-state index contributed by atoms with van der Waals surface area (Å²) in [7, 11) is 0. The standard InChI is InChI=1S/C33H46FN3O7/c1-5-42-31(40)25-17-22(25)13-10-8-6-7-9-11-16-29(38)37-20-24(18-28(37)30(39)35-44-33(2,3)4)43-32(41)36-19-23-14-12-15-27(34)26(23)21-36/h10,12-15,22,24-25,28H,5-9,11,16-21H2,1-4H3,(H,35,39)/b13-10-/t22-,24-,25+,28+/m1/s1. The number of nitrogens with zero attached hydrogens (tertiary/aromatic N) is 2. The SMILES string of the molecule is CCOC(=O)[C@H]1C[C@H]1/C=C\CCCCCCC(=O)N1C[C@H](OC(=O)N2Cc3cccc(F)c3C2)C[C@H]1C(=O)NOC(C)(C)C. The van der Waals surface area contributed by atoms with E-state index >= 15 is 0 Å². The molecule has 1 aromatic rings. The third-order valence-electron chi connectivity index (χ3n) is 8.12. The Labute approximate surface area is 259 Å². The largest absolute Gasteiger partial charge is 0.466 e. The predicted octanol–water partition coefficient (Wildman–Crippen LogP) is 5.19. The molecule has 0 unspecified atom stereocenters. The number of nitrogens with one attached hydrogen (secondary N) is 1. The van der Waals surface area contributed by atoms with Crippen LogP contribution in [0.5, 0.6) is 0 Å². The van der Waals surface area contributed by atoms with Gasteiger partial charge in [-0.1, -0.05) is 37.1 Å². The fourth-order valence-corrected chi connectivity index (χ4v) is 5.66. The maximum absolute atomic E-state index is 14.2. The summed E-state index contributed by atoms with van der Waals surface area (Å²) in [5.74, 6) is -0.790. The van der Waals surface area contributed by atoms with Gasteiger partial charge in [0.25, 0.3) is 5.91 Å². The first-order chi connectivity index (χ1) is 21.0. The van der Waals surface area contributed by atoms with Crippen LogP contribution in [0.1, 0.15) is 90.2 Å². The number of fused-ring (bicyclic) bond motifs is 1. The number of halogens is 1. The summed E-state index contributed by atoms with van der Waals surface area (Å²) in [4.78, 5) is 59.3. The average molecular weight is 616 g/mol. The second-order valence-corrected chi connectivity index (χ2v) is 12.9. The van der Waals surface area contributed by atoms with Crippen molar-refractivity contribution in [3.05, 3.63) is 47.3 Å². The molecule has 0 radical (unpaired) electrons. The summed E-state index contributed by atoms with van der Waals surface area (Å²) < 4.78 is 25.0. The van der Waals surface area contributed by atoms with Gasteiger partial charge in [-0.15, -0.1) is 0 Å². The Kier molecular flexibility index (Phi) is 11.4. The van der Waals surface area contributed by atoms with E-state index in [0.717, 1.165) is 37.7 Å². The minimum Gasteiger partial charge on any atom is -0.466 e. The Morgan fingerprint density at radius 1 is 1.07 bits per heavy atom. The van der Waals surface area contributed by atoms with Crippen molar-refractivity contribution in [3.63, 3.8) is 0 Å². The number of allylic oxidation sites excluding steroid dienone is 2. The van der Waals surface area contributed by atoms with Crippen molar-refractivity contribution in [2.24, 2.45) is 11.8 Å². The minimum absolute atomic E-state index is 0.0128. The molecule has 0 spiro atoms. The molecule has 1 saturated carbocycles. The maximum atomic E-state index is 14.2. The number of likely N-dealkylation sites (tertiary alicyclic amines) is 1. The van der Waals surface area contributed by atoms with Crippen LogP contribution in [0, 0.1) is 17.7 Å². The van der Waals surface area contributed by atoms with Crippen molar-refractivity contribution in [1.29, 1.82) is 0 Å². The summed E-state index contributed by atoms with van der Waals surface area (Å²) in [6.45, 7) is 8.09. The molecule has 1 N–H and O–H groups in total. The third kappa shape index (κ3) is 9.27. The number of amides is 3. The van der Waals surface area contributed by atoms with Crippen LogP contribution in [0.4, 0.5) is 9.18 Å². The van der Waals surface area contributed by atoms with Gasteiger partial charge in [0, 0.05) is 24.9 Å². The second kappa shape index (κ2) is 15.0. The van der Waals surface area contributed by atoms with Gasteiger partial charge >= 0.3 is 12.1 Å². The van der Waals surface area contributed by atoms with Gasteiger partial charge in [0.05, 0.1) is 31.2 Å². The van der Waals surface area contributed by atoms with Crippen molar-refractivity contribution >= 4 is 23.9 Å². The van der Waals surface area contributed by atoms with Crippen LogP contribution in [0.3, 0.4) is 0 Å². The molecule has 11 heteroatoms. The van der Waals surface area contributed by atoms with Crippen LogP contribution in [0.15, 0.2) is 30.4 Å². The van der Waals surface area contributed by atoms with Crippen LogP contribution in [-0.2, 0) is 41.8 Å². The van der Waals surface area contributed by atoms with Gasteiger partial charge in [-0.25, -0.2) is 14.7 Å². The number of esters is 1. The molecule has 2 fully saturated rings. The number of hydroxylamine groups is 1. The van der Waals surface area contributed by atoms with Gasteiger partial charge in [-0.2, -0.15) is 0 Å². The molecule has 3 aliphatic rings. The van der Waals surface area contributed by atoms with Gasteiger partial charge in [0.1, 0.15) is 18.0 Å². The number of unbranched alkanes of at least 4 members (excludes halogenated alkanes) is 4. The van der Waals surface area contributed by atoms with E-state index in [4.69, 9.17) is 14.3 Å². The van der Waals surface area contributed by atoms with E-state index < -0.39 is 29.7 Å². The zero-order chi connectivity index (χ0) is 31.9. The molecule has 4 atom stereocenters. The number of carbonyl (C=O) groups excluding carboxylic acids is 4. The van der Waals surface area contributed by atoms with Crippen molar-refractivity contribution in [1.82, 2.24) is 15.3 Å². The lowest BCUT2D eigenvalue weighted by Gasteiger charge is -2.25. The molecule has 1 aliphatic carbocycles. The van der Waals surface area contributed by atoms with Crippen molar-refractivity contribution in [2.45, 2.75) is 110 Å². The molecule has 4 rings (SSSR count). The average Bonchev–Trinajstić information content (AvgIpc) is 3.39. The minimum atomic E-state index is -0.832. The number of benzene rings is 1. The van der Waals surface area contributed by atoms with Gasteiger partial charge in [0.2, 0.25) is 5.91 Å². The highest BCUT2D eigenvalue weighted by atomic mass is 19.1. The van der Waals surface area contributed by atoms with E-state index in [0.29, 0.717) is 24.5 Å². The number of rotatable bonds is 13. The fourth-order valence-electron chi connectivity index (χ4n) is 5.66. The molecule has 10 nitrogen and oxygen atoms in total. The van der Waals surface area contributed by atoms with Crippen molar-refractivity contribution in [3.8, 4) is 0 Å². The molecule has 2 heterocycles. The molecule has 0 bridgehead atoms. The Morgan fingerprint density at radius 2 is 1.84 bits per heavy atom. The molecule has 1 aromatic carbocycles. The molecule has 242 valence electrons. The van der Waals surface area contributed by atoms with Gasteiger partial charge in [-0.05, 0) is 70.9 Å². The zero-order valence-corrected chi connectivity index (χ0v) is 26.3. The maximum Gasteiger partial charge on any atom is 0.410 e. The van der Waals surface area contributed by atoms with Crippen LogP contribution < -0.4 is 5.48 Å². The lowest BCUT2D eigenvalue weighted by Crippen LogP contribution is -2.47. The summed E-state index contributed by atoms with van der Waals surface area (Å²) in [6.07, 6.45) is 8.68. The highest BCUT2D eigenvalue weighted by Crippen LogP contribution is 2.40. The highest BCUT2D eigenvalue weighted by molar-refractivity contribution is 5.88. The lowest BCUT2D eigenvalue weighted by atomic mass is 10.1. The van der Waals surface area contributed by atoms with Crippen LogP contribution in [0.25, 0.3) is 0 Å². The summed E-state index contributed by atoms with van der Waals surface area (Å²) >= 11 is 0. The predicted molar refractivity (Wildman–Crippen MR) is 160 cm³/mol. The number of carbonyl (C=O) groups is 4. The highest BCUT2D eigenvalue weighted by Gasteiger charge is 2.43. The number of ether oxygens (including phenoxy) is 2. The topological polar surface area (TPSA) is 114 Å². The summed E-state index contributed by atoms with van der Waals surface area (Å²) in [6, 6.07) is 3.93. The Balaban J connectivity index is 1.22. The number of hydrogen-bond donors (Lipinski definition) is 1. The van der Waals surface area contributed by atoms with Gasteiger partial charge in [0.15, 0.2) is 0 Å². The molecule has 0 aromatic heterocycles. The first-order valence-electron chi connectivity index (χ1n) is 15.8. The molecule has 2 aliphatic heterocycles. The lowest BCUT2D eigenvalue weighted by molar-refractivity contribution is -0.153. The first-order valence-corrected chi connectivity index (χ1v) is 15.8. The Bertz CT molecular complexity index is 1230. The molecular formula is C33H46FN3O7. The summed E-state index contributed by atoms with van der Waals surface area (Å²) in [5.41, 5.74) is 3.06.